The van der Waals surface area contributed by atoms with Crippen LogP contribution in [0.4, 0.5) is 0 Å². The number of H-pyrrole nitrogens is 1. The van der Waals surface area contributed by atoms with Gasteiger partial charge < -0.3 is 19.8 Å². The van der Waals surface area contributed by atoms with Gasteiger partial charge in [0, 0.05) is 31.6 Å². The average Bonchev–Trinajstić information content (AvgIpc) is 3.23. The zero-order valence-electron chi connectivity index (χ0n) is 15.6. The van der Waals surface area contributed by atoms with Crippen LogP contribution in [0.15, 0.2) is 41.7 Å². The number of carbonyl (C=O) groups excluding carboxylic acids is 1. The first-order chi connectivity index (χ1) is 13.7. The Morgan fingerprint density at radius 1 is 1.43 bits per heavy atom. The van der Waals surface area contributed by atoms with Crippen molar-refractivity contribution >= 4 is 5.91 Å². The fraction of sp³-hybridized carbons (Fsp3) is 0.400. The molecule has 0 unspecified atom stereocenters. The van der Waals surface area contributed by atoms with Crippen LogP contribution in [-0.2, 0) is 16.0 Å². The van der Waals surface area contributed by atoms with Gasteiger partial charge in [-0.3, -0.25) is 9.59 Å². The van der Waals surface area contributed by atoms with Crippen molar-refractivity contribution in [3.63, 3.8) is 0 Å². The first-order valence-electron chi connectivity index (χ1n) is 9.34. The van der Waals surface area contributed by atoms with Crippen LogP contribution in [0.1, 0.15) is 25.0 Å². The van der Waals surface area contributed by atoms with Crippen molar-refractivity contribution in [3.8, 4) is 17.1 Å². The summed E-state index contributed by atoms with van der Waals surface area (Å²) in [5.74, 6) is 0.862. The summed E-state index contributed by atoms with van der Waals surface area (Å²) in [6.07, 6.45) is 4.14. The maximum Gasteiger partial charge on any atom is 0.273 e. The predicted molar refractivity (Wildman–Crippen MR) is 104 cm³/mol. The van der Waals surface area contributed by atoms with Crippen molar-refractivity contribution in [2.45, 2.75) is 31.8 Å². The van der Waals surface area contributed by atoms with Gasteiger partial charge in [0.15, 0.2) is 5.82 Å². The Balaban J connectivity index is 1.57. The molecule has 0 spiro atoms. The van der Waals surface area contributed by atoms with Gasteiger partial charge in [0.2, 0.25) is 5.91 Å². The summed E-state index contributed by atoms with van der Waals surface area (Å²) in [6.45, 7) is 5.25. The molecule has 0 bridgehead atoms. The lowest BCUT2D eigenvalue weighted by Gasteiger charge is -2.10. The summed E-state index contributed by atoms with van der Waals surface area (Å²) in [7, 11) is 0. The van der Waals surface area contributed by atoms with Crippen LogP contribution < -0.4 is 15.6 Å². The molecule has 1 amide bonds. The molecule has 0 saturated carbocycles. The van der Waals surface area contributed by atoms with E-state index in [0.29, 0.717) is 30.3 Å². The third-order valence-corrected chi connectivity index (χ3v) is 4.38. The van der Waals surface area contributed by atoms with E-state index < -0.39 is 0 Å². The van der Waals surface area contributed by atoms with Gasteiger partial charge in [0.1, 0.15) is 18.1 Å². The molecule has 1 saturated heterocycles. The highest BCUT2D eigenvalue weighted by molar-refractivity contribution is 5.76. The fourth-order valence-corrected chi connectivity index (χ4v) is 2.90. The van der Waals surface area contributed by atoms with E-state index in [1.165, 1.54) is 0 Å². The molecule has 1 aliphatic rings. The van der Waals surface area contributed by atoms with E-state index >= 15 is 0 Å². The number of benzene rings is 1. The van der Waals surface area contributed by atoms with Crippen LogP contribution in [-0.4, -0.2) is 47.0 Å². The SMILES string of the molecule is C=CCOc1cccc(-c2nnc(CCC(=O)NC[C@H]3CCCO3)c(=O)[nH]2)c1. The zero-order chi connectivity index (χ0) is 19.8. The van der Waals surface area contributed by atoms with Crippen molar-refractivity contribution in [1.29, 1.82) is 0 Å². The fourth-order valence-electron chi connectivity index (χ4n) is 2.90. The Labute approximate surface area is 163 Å². The minimum atomic E-state index is -0.352. The molecule has 1 aromatic heterocycles. The van der Waals surface area contributed by atoms with Crippen LogP contribution in [0.5, 0.6) is 5.75 Å². The number of carbonyl (C=O) groups is 1. The number of aromatic amines is 1. The second-order valence-electron chi connectivity index (χ2n) is 6.52. The lowest BCUT2D eigenvalue weighted by molar-refractivity contribution is -0.121. The van der Waals surface area contributed by atoms with Crippen molar-refractivity contribution in [2.75, 3.05) is 19.8 Å². The maximum absolute atomic E-state index is 12.3. The zero-order valence-corrected chi connectivity index (χ0v) is 15.6. The lowest BCUT2D eigenvalue weighted by Crippen LogP contribution is -2.32. The number of ether oxygens (including phenoxy) is 2. The molecule has 1 atom stereocenters. The molecule has 148 valence electrons. The number of hydrogen-bond donors (Lipinski definition) is 2. The van der Waals surface area contributed by atoms with E-state index in [2.05, 4.69) is 27.1 Å². The number of nitrogens with zero attached hydrogens (tertiary/aromatic N) is 2. The molecule has 0 radical (unpaired) electrons. The summed E-state index contributed by atoms with van der Waals surface area (Å²) >= 11 is 0. The number of amides is 1. The number of nitrogens with one attached hydrogen (secondary N) is 2. The predicted octanol–water partition coefficient (Wildman–Crippen LogP) is 1.62. The Morgan fingerprint density at radius 3 is 3.07 bits per heavy atom. The number of aromatic nitrogens is 3. The van der Waals surface area contributed by atoms with Crippen LogP contribution >= 0.6 is 0 Å². The smallest absolute Gasteiger partial charge is 0.273 e. The van der Waals surface area contributed by atoms with E-state index in [-0.39, 0.29) is 36.1 Å². The Morgan fingerprint density at radius 2 is 2.32 bits per heavy atom. The third-order valence-electron chi connectivity index (χ3n) is 4.38. The second-order valence-corrected chi connectivity index (χ2v) is 6.52. The quantitative estimate of drug-likeness (QED) is 0.637. The summed E-state index contributed by atoms with van der Waals surface area (Å²) < 4.78 is 10.9. The average molecular weight is 384 g/mol. The third kappa shape index (κ3) is 5.50. The lowest BCUT2D eigenvalue weighted by atomic mass is 10.2. The highest BCUT2D eigenvalue weighted by atomic mass is 16.5. The molecule has 1 fully saturated rings. The van der Waals surface area contributed by atoms with Gasteiger partial charge in [-0.2, -0.15) is 0 Å². The van der Waals surface area contributed by atoms with Crippen molar-refractivity contribution in [3.05, 3.63) is 53.0 Å². The van der Waals surface area contributed by atoms with Gasteiger partial charge in [-0.05, 0) is 25.0 Å². The molecule has 0 aliphatic carbocycles. The Hall–Kier alpha value is -3.00. The van der Waals surface area contributed by atoms with E-state index in [9.17, 15) is 9.59 Å². The normalized spacial score (nSPS) is 15.9. The van der Waals surface area contributed by atoms with Crippen molar-refractivity contribution in [2.24, 2.45) is 0 Å². The van der Waals surface area contributed by atoms with Gasteiger partial charge in [0.05, 0.1) is 6.10 Å². The minimum Gasteiger partial charge on any atom is -0.490 e. The van der Waals surface area contributed by atoms with Gasteiger partial charge in [-0.25, -0.2) is 0 Å². The molecular weight excluding hydrogens is 360 g/mol. The summed E-state index contributed by atoms with van der Waals surface area (Å²) in [5.41, 5.74) is 0.566. The molecule has 2 heterocycles. The number of hydrogen-bond acceptors (Lipinski definition) is 6. The largest absolute Gasteiger partial charge is 0.490 e. The van der Waals surface area contributed by atoms with Crippen molar-refractivity contribution < 1.29 is 14.3 Å². The summed E-state index contributed by atoms with van der Waals surface area (Å²) in [5, 5.41) is 10.9. The Bertz CT molecular complexity index is 875. The standard InChI is InChI=1S/C20H24N4O4/c1-2-10-27-15-6-3-5-14(12-15)19-22-20(26)17(23-24-19)8-9-18(25)21-13-16-7-4-11-28-16/h2-3,5-6,12,16H,1,4,7-11,13H2,(H,21,25)(H,22,24,26)/t16-/m1/s1. The topological polar surface area (TPSA) is 106 Å². The van der Waals surface area contributed by atoms with Gasteiger partial charge in [0.25, 0.3) is 5.56 Å². The first kappa shape index (κ1) is 19.8. The number of aryl methyl sites for hydroxylation is 1. The van der Waals surface area contributed by atoms with E-state index in [1.807, 2.05) is 6.07 Å². The molecular formula is C20H24N4O4. The van der Waals surface area contributed by atoms with Crippen LogP contribution in [0.3, 0.4) is 0 Å². The molecule has 3 rings (SSSR count). The number of rotatable bonds is 9. The van der Waals surface area contributed by atoms with Crippen LogP contribution in [0, 0.1) is 0 Å². The van der Waals surface area contributed by atoms with Crippen LogP contribution in [0.25, 0.3) is 11.4 Å². The van der Waals surface area contributed by atoms with Crippen LogP contribution in [0.2, 0.25) is 0 Å². The molecule has 8 nitrogen and oxygen atoms in total. The monoisotopic (exact) mass is 384 g/mol. The minimum absolute atomic E-state index is 0.0950. The maximum atomic E-state index is 12.3. The highest BCUT2D eigenvalue weighted by Crippen LogP contribution is 2.20. The summed E-state index contributed by atoms with van der Waals surface area (Å²) in [6, 6.07) is 7.18. The van der Waals surface area contributed by atoms with Gasteiger partial charge in [-0.15, -0.1) is 10.2 Å². The Kier molecular flexibility index (Phi) is 6.91. The van der Waals surface area contributed by atoms with Gasteiger partial charge >= 0.3 is 0 Å². The molecule has 2 aromatic rings. The molecule has 2 N–H and O–H groups in total. The molecule has 8 heteroatoms. The van der Waals surface area contributed by atoms with Crippen molar-refractivity contribution in [1.82, 2.24) is 20.5 Å². The van der Waals surface area contributed by atoms with E-state index in [0.717, 1.165) is 19.4 Å². The summed E-state index contributed by atoms with van der Waals surface area (Å²) in [4.78, 5) is 27.0. The van der Waals surface area contributed by atoms with E-state index in [1.54, 1.807) is 24.3 Å². The van der Waals surface area contributed by atoms with Gasteiger partial charge in [-0.1, -0.05) is 24.8 Å². The first-order valence-corrected chi connectivity index (χ1v) is 9.34. The van der Waals surface area contributed by atoms with E-state index in [4.69, 9.17) is 9.47 Å². The molecule has 1 aliphatic heterocycles. The molecule has 28 heavy (non-hydrogen) atoms. The highest BCUT2D eigenvalue weighted by Gasteiger charge is 2.16. The second kappa shape index (κ2) is 9.80. The molecule has 1 aromatic carbocycles.